The Morgan fingerprint density at radius 1 is 1.56 bits per heavy atom. The third-order valence-corrected chi connectivity index (χ3v) is 3.30. The van der Waals surface area contributed by atoms with E-state index < -0.39 is 6.10 Å². The Labute approximate surface area is 96.7 Å². The number of aromatic nitrogens is 2. The van der Waals surface area contributed by atoms with Gasteiger partial charge in [0, 0.05) is 12.7 Å². The lowest BCUT2D eigenvalue weighted by molar-refractivity contribution is 0.161. The molecular weight excluding hydrogens is 202 g/mol. The molecule has 4 nitrogen and oxygen atoms in total. The van der Waals surface area contributed by atoms with Crippen LogP contribution in [0, 0.1) is 0 Å². The number of hydrogen-bond donors (Lipinski definition) is 2. The van der Waals surface area contributed by atoms with Gasteiger partial charge in [-0.3, -0.25) is 4.68 Å². The molecule has 0 amide bonds. The van der Waals surface area contributed by atoms with E-state index in [-0.39, 0.29) is 0 Å². The highest BCUT2D eigenvalue weighted by atomic mass is 16.3. The van der Waals surface area contributed by atoms with Crippen LogP contribution in [-0.4, -0.2) is 28.0 Å². The van der Waals surface area contributed by atoms with Gasteiger partial charge in [-0.25, -0.2) is 0 Å². The van der Waals surface area contributed by atoms with Gasteiger partial charge in [0.25, 0.3) is 0 Å². The van der Waals surface area contributed by atoms with Crippen molar-refractivity contribution in [3.05, 3.63) is 18.0 Å². The topological polar surface area (TPSA) is 50.1 Å². The van der Waals surface area contributed by atoms with Gasteiger partial charge in [0.05, 0.1) is 11.7 Å². The quantitative estimate of drug-likeness (QED) is 0.798. The maximum Gasteiger partial charge on any atom is 0.108 e. The van der Waals surface area contributed by atoms with Crippen LogP contribution < -0.4 is 5.32 Å². The summed E-state index contributed by atoms with van der Waals surface area (Å²) in [6.45, 7) is 3.53. The van der Waals surface area contributed by atoms with Crippen molar-refractivity contribution in [1.29, 1.82) is 0 Å². The van der Waals surface area contributed by atoms with Gasteiger partial charge >= 0.3 is 0 Å². The Kier molecular flexibility index (Phi) is 3.96. The summed E-state index contributed by atoms with van der Waals surface area (Å²) < 4.78 is 2.02. The Hall–Kier alpha value is -0.870. The number of aliphatic hydroxyl groups is 1. The molecule has 1 aromatic heterocycles. The molecule has 2 rings (SSSR count). The molecule has 4 heteroatoms. The monoisotopic (exact) mass is 223 g/mol. The summed E-state index contributed by atoms with van der Waals surface area (Å²) in [7, 11) is 0. The zero-order chi connectivity index (χ0) is 11.4. The first-order chi connectivity index (χ1) is 7.83. The molecule has 0 aromatic carbocycles. The third kappa shape index (κ3) is 2.44. The van der Waals surface area contributed by atoms with Crippen LogP contribution in [0.1, 0.15) is 50.4 Å². The minimum absolute atomic E-state index is 0.442. The van der Waals surface area contributed by atoms with Gasteiger partial charge in [0.2, 0.25) is 0 Å². The van der Waals surface area contributed by atoms with Crippen LogP contribution in [0.3, 0.4) is 0 Å². The van der Waals surface area contributed by atoms with Crippen LogP contribution in [0.5, 0.6) is 0 Å². The molecule has 1 aliphatic rings. The predicted octanol–water partition coefficient (Wildman–Crippen LogP) is 1.64. The average molecular weight is 223 g/mol. The van der Waals surface area contributed by atoms with E-state index >= 15 is 0 Å². The van der Waals surface area contributed by atoms with Crippen molar-refractivity contribution in [2.45, 2.75) is 44.8 Å². The highest BCUT2D eigenvalue weighted by Crippen LogP contribution is 2.31. The van der Waals surface area contributed by atoms with E-state index in [1.165, 1.54) is 25.7 Å². The molecule has 1 aromatic rings. The Morgan fingerprint density at radius 2 is 2.31 bits per heavy atom. The van der Waals surface area contributed by atoms with E-state index in [0.29, 0.717) is 12.6 Å². The lowest BCUT2D eigenvalue weighted by Gasteiger charge is -2.18. The first-order valence-corrected chi connectivity index (χ1v) is 6.25. The molecule has 1 atom stereocenters. The lowest BCUT2D eigenvalue weighted by Crippen LogP contribution is -2.24. The summed E-state index contributed by atoms with van der Waals surface area (Å²) in [5.74, 6) is 0. The molecule has 16 heavy (non-hydrogen) atoms. The van der Waals surface area contributed by atoms with Crippen molar-refractivity contribution < 1.29 is 5.11 Å². The normalized spacial score (nSPS) is 19.1. The van der Waals surface area contributed by atoms with Crippen LogP contribution in [0.25, 0.3) is 0 Å². The lowest BCUT2D eigenvalue weighted by atomic mass is 10.2. The molecule has 2 N–H and O–H groups in total. The number of hydrogen-bond acceptors (Lipinski definition) is 3. The molecular formula is C12H21N3O. The van der Waals surface area contributed by atoms with E-state index in [0.717, 1.165) is 12.2 Å². The predicted molar refractivity (Wildman–Crippen MR) is 63.2 cm³/mol. The average Bonchev–Trinajstić information content (AvgIpc) is 2.94. The van der Waals surface area contributed by atoms with Gasteiger partial charge in [-0.05, 0) is 25.5 Å². The Morgan fingerprint density at radius 3 is 3.00 bits per heavy atom. The minimum Gasteiger partial charge on any atom is -0.385 e. The summed E-state index contributed by atoms with van der Waals surface area (Å²) in [6, 6.07) is 2.43. The summed E-state index contributed by atoms with van der Waals surface area (Å²) >= 11 is 0. The first-order valence-electron chi connectivity index (χ1n) is 6.25. The van der Waals surface area contributed by atoms with Gasteiger partial charge in [-0.2, -0.15) is 5.10 Å². The molecule has 0 spiro atoms. The summed E-state index contributed by atoms with van der Waals surface area (Å²) in [5.41, 5.74) is 0.952. The van der Waals surface area contributed by atoms with Crippen molar-refractivity contribution in [2.75, 3.05) is 13.1 Å². The fraction of sp³-hybridized carbons (Fsp3) is 0.750. The number of rotatable bonds is 5. The second kappa shape index (κ2) is 5.46. The molecule has 0 bridgehead atoms. The summed E-state index contributed by atoms with van der Waals surface area (Å²) in [4.78, 5) is 0. The van der Waals surface area contributed by atoms with E-state index in [1.807, 2.05) is 17.7 Å². The largest absolute Gasteiger partial charge is 0.385 e. The van der Waals surface area contributed by atoms with E-state index in [2.05, 4.69) is 10.4 Å². The van der Waals surface area contributed by atoms with E-state index in [4.69, 9.17) is 0 Å². The second-order valence-corrected chi connectivity index (χ2v) is 4.46. The fourth-order valence-electron chi connectivity index (χ4n) is 2.43. The zero-order valence-electron chi connectivity index (χ0n) is 9.89. The van der Waals surface area contributed by atoms with E-state index in [9.17, 15) is 5.11 Å². The molecule has 1 aliphatic carbocycles. The number of nitrogens with one attached hydrogen (secondary N) is 1. The number of nitrogens with zero attached hydrogens (tertiary/aromatic N) is 2. The third-order valence-electron chi connectivity index (χ3n) is 3.30. The molecule has 0 saturated heterocycles. The highest BCUT2D eigenvalue weighted by molar-refractivity contribution is 5.06. The van der Waals surface area contributed by atoms with Gasteiger partial charge in [-0.15, -0.1) is 0 Å². The molecule has 1 unspecified atom stereocenters. The molecule has 1 saturated carbocycles. The maximum atomic E-state index is 10.1. The molecule has 1 heterocycles. The zero-order valence-corrected chi connectivity index (χ0v) is 9.89. The molecule has 0 radical (unpaired) electrons. The molecule has 0 aliphatic heterocycles. The SMILES string of the molecule is CCNCC(O)c1ccnn1C1CCCC1. The van der Waals surface area contributed by atoms with E-state index in [1.54, 1.807) is 6.20 Å². The van der Waals surface area contributed by atoms with Gasteiger partial charge in [0.15, 0.2) is 0 Å². The minimum atomic E-state index is -0.442. The van der Waals surface area contributed by atoms with Gasteiger partial charge in [0.1, 0.15) is 6.10 Å². The maximum absolute atomic E-state index is 10.1. The van der Waals surface area contributed by atoms with Crippen molar-refractivity contribution in [3.63, 3.8) is 0 Å². The summed E-state index contributed by atoms with van der Waals surface area (Å²) in [5, 5.41) is 17.6. The van der Waals surface area contributed by atoms with Crippen LogP contribution >= 0.6 is 0 Å². The van der Waals surface area contributed by atoms with Crippen LogP contribution in [0.15, 0.2) is 12.3 Å². The Bertz CT molecular complexity index is 318. The smallest absolute Gasteiger partial charge is 0.108 e. The van der Waals surface area contributed by atoms with Crippen molar-refractivity contribution >= 4 is 0 Å². The Balaban J connectivity index is 2.05. The van der Waals surface area contributed by atoms with Crippen LogP contribution in [0.2, 0.25) is 0 Å². The van der Waals surface area contributed by atoms with Crippen molar-refractivity contribution in [2.24, 2.45) is 0 Å². The van der Waals surface area contributed by atoms with Crippen molar-refractivity contribution in [3.8, 4) is 0 Å². The van der Waals surface area contributed by atoms with Gasteiger partial charge in [-0.1, -0.05) is 19.8 Å². The standard InChI is InChI=1S/C12H21N3O/c1-2-13-9-12(16)11-7-8-14-15(11)10-5-3-4-6-10/h7-8,10,12-13,16H,2-6,9H2,1H3. The van der Waals surface area contributed by atoms with Crippen LogP contribution in [-0.2, 0) is 0 Å². The number of aliphatic hydroxyl groups excluding tert-OH is 1. The van der Waals surface area contributed by atoms with Crippen molar-refractivity contribution in [1.82, 2.24) is 15.1 Å². The van der Waals surface area contributed by atoms with Gasteiger partial charge < -0.3 is 10.4 Å². The number of likely N-dealkylation sites (N-methyl/N-ethyl adjacent to an activating group) is 1. The second-order valence-electron chi connectivity index (χ2n) is 4.46. The molecule has 90 valence electrons. The van der Waals surface area contributed by atoms with Crippen LogP contribution in [0.4, 0.5) is 0 Å². The first kappa shape index (κ1) is 11.6. The highest BCUT2D eigenvalue weighted by Gasteiger charge is 2.22. The molecule has 1 fully saturated rings. The summed E-state index contributed by atoms with van der Waals surface area (Å²) in [6.07, 6.45) is 6.32. The fourth-order valence-corrected chi connectivity index (χ4v) is 2.43.